The number of carbonyl (C=O) groups excluding carboxylic acids is 1. The average molecular weight is 313 g/mol. The van der Waals surface area contributed by atoms with Crippen LogP contribution >= 0.6 is 11.6 Å². The first-order valence-corrected chi connectivity index (χ1v) is 7.77. The van der Waals surface area contributed by atoms with Gasteiger partial charge in [0.25, 0.3) is 0 Å². The Morgan fingerprint density at radius 3 is 2.81 bits per heavy atom. The molecule has 116 valence electrons. The van der Waals surface area contributed by atoms with Crippen LogP contribution in [0.3, 0.4) is 0 Å². The number of nitrogens with one attached hydrogen (secondary N) is 1. The molecule has 1 aromatic rings. The standard InChI is InChI=1S/C16H22ClFN2O/c1-11(20(19-2)9-12-6-7-12)8-13(10-21)14-4-3-5-15(17)16(14)18/h3-5,10-13,19H,6-9H2,1-2H3/t11-,13?/m0/s1. The molecule has 2 atom stereocenters. The van der Waals surface area contributed by atoms with E-state index in [2.05, 4.69) is 17.4 Å². The molecule has 5 heteroatoms. The Balaban J connectivity index is 2.06. The van der Waals surface area contributed by atoms with Gasteiger partial charge in [0, 0.05) is 18.5 Å². The van der Waals surface area contributed by atoms with Gasteiger partial charge in [-0.25, -0.2) is 9.40 Å². The lowest BCUT2D eigenvalue weighted by molar-refractivity contribution is -0.109. The number of aldehydes is 1. The third kappa shape index (κ3) is 4.25. The monoisotopic (exact) mass is 312 g/mol. The van der Waals surface area contributed by atoms with E-state index in [-0.39, 0.29) is 11.1 Å². The molecule has 0 radical (unpaired) electrons. The van der Waals surface area contributed by atoms with Crippen molar-refractivity contribution in [1.29, 1.82) is 0 Å². The molecule has 0 saturated heterocycles. The summed E-state index contributed by atoms with van der Waals surface area (Å²) in [5.41, 5.74) is 3.56. The normalized spacial score (nSPS) is 17.8. The highest BCUT2D eigenvalue weighted by Crippen LogP contribution is 2.31. The molecule has 1 aromatic carbocycles. The molecule has 0 aromatic heterocycles. The number of nitrogens with zero attached hydrogens (tertiary/aromatic N) is 1. The van der Waals surface area contributed by atoms with Gasteiger partial charge in [0.05, 0.1) is 5.02 Å². The molecular weight excluding hydrogens is 291 g/mol. The second-order valence-corrected chi connectivity index (χ2v) is 6.20. The molecule has 0 bridgehead atoms. The van der Waals surface area contributed by atoms with Gasteiger partial charge in [0.1, 0.15) is 12.1 Å². The maximum atomic E-state index is 14.1. The second kappa shape index (κ2) is 7.34. The van der Waals surface area contributed by atoms with Crippen molar-refractivity contribution < 1.29 is 9.18 Å². The largest absolute Gasteiger partial charge is 0.303 e. The highest BCUT2D eigenvalue weighted by Gasteiger charge is 2.28. The van der Waals surface area contributed by atoms with Crippen molar-refractivity contribution in [3.63, 3.8) is 0 Å². The zero-order valence-electron chi connectivity index (χ0n) is 12.5. The number of carbonyl (C=O) groups is 1. The van der Waals surface area contributed by atoms with Crippen LogP contribution < -0.4 is 5.43 Å². The first-order chi connectivity index (χ1) is 10.1. The molecule has 0 aliphatic heterocycles. The van der Waals surface area contributed by atoms with Crippen LogP contribution in [0.2, 0.25) is 5.02 Å². The van der Waals surface area contributed by atoms with E-state index in [1.54, 1.807) is 12.1 Å². The van der Waals surface area contributed by atoms with Gasteiger partial charge in [-0.1, -0.05) is 23.7 Å². The van der Waals surface area contributed by atoms with Gasteiger partial charge in [-0.05, 0) is 50.8 Å². The Hall–Kier alpha value is -0.970. The number of hydrazine groups is 1. The summed E-state index contributed by atoms with van der Waals surface area (Å²) in [6.45, 7) is 3.03. The van der Waals surface area contributed by atoms with E-state index in [9.17, 15) is 9.18 Å². The Kier molecular flexibility index (Phi) is 5.73. The lowest BCUT2D eigenvalue weighted by Gasteiger charge is -2.30. The lowest BCUT2D eigenvalue weighted by atomic mass is 9.93. The predicted octanol–water partition coefficient (Wildman–Crippen LogP) is 3.39. The molecule has 1 aliphatic rings. The third-order valence-corrected chi connectivity index (χ3v) is 4.40. The van der Waals surface area contributed by atoms with Gasteiger partial charge in [0.15, 0.2) is 0 Å². The highest BCUT2D eigenvalue weighted by molar-refractivity contribution is 6.30. The van der Waals surface area contributed by atoms with E-state index < -0.39 is 11.7 Å². The summed E-state index contributed by atoms with van der Waals surface area (Å²) in [6, 6.07) is 4.96. The average Bonchev–Trinajstić information content (AvgIpc) is 3.29. The maximum absolute atomic E-state index is 14.1. The van der Waals surface area contributed by atoms with Gasteiger partial charge in [0.2, 0.25) is 0 Å². The summed E-state index contributed by atoms with van der Waals surface area (Å²) < 4.78 is 14.1. The van der Waals surface area contributed by atoms with Gasteiger partial charge in [-0.15, -0.1) is 0 Å². The van der Waals surface area contributed by atoms with Crippen LogP contribution in [0.15, 0.2) is 18.2 Å². The first-order valence-electron chi connectivity index (χ1n) is 7.40. The van der Waals surface area contributed by atoms with E-state index in [4.69, 9.17) is 11.6 Å². The molecule has 1 unspecified atom stereocenters. The zero-order chi connectivity index (χ0) is 15.4. The fraction of sp³-hybridized carbons (Fsp3) is 0.562. The molecule has 0 heterocycles. The first kappa shape index (κ1) is 16.4. The van der Waals surface area contributed by atoms with E-state index in [0.717, 1.165) is 18.7 Å². The SMILES string of the molecule is CNN(CC1CC1)[C@@H](C)CC(C=O)c1cccc(Cl)c1F. The Labute approximate surface area is 130 Å². The minimum absolute atomic E-state index is 0.0652. The van der Waals surface area contributed by atoms with Gasteiger partial charge < -0.3 is 4.79 Å². The minimum atomic E-state index is -0.485. The van der Waals surface area contributed by atoms with E-state index in [0.29, 0.717) is 12.0 Å². The summed E-state index contributed by atoms with van der Waals surface area (Å²) in [5.74, 6) is -0.215. The maximum Gasteiger partial charge on any atom is 0.145 e. The van der Waals surface area contributed by atoms with Crippen LogP contribution in [0.4, 0.5) is 4.39 Å². The quantitative estimate of drug-likeness (QED) is 0.590. The van der Waals surface area contributed by atoms with Crippen molar-refractivity contribution in [1.82, 2.24) is 10.4 Å². The van der Waals surface area contributed by atoms with Gasteiger partial charge >= 0.3 is 0 Å². The van der Waals surface area contributed by atoms with Crippen LogP contribution in [0.25, 0.3) is 0 Å². The topological polar surface area (TPSA) is 32.3 Å². The molecule has 0 amide bonds. The van der Waals surface area contributed by atoms with E-state index >= 15 is 0 Å². The molecule has 1 N–H and O–H groups in total. The van der Waals surface area contributed by atoms with Crippen LogP contribution in [-0.2, 0) is 4.79 Å². The predicted molar refractivity (Wildman–Crippen MR) is 82.8 cm³/mol. The van der Waals surface area contributed by atoms with Crippen molar-refractivity contribution in [2.75, 3.05) is 13.6 Å². The smallest absolute Gasteiger partial charge is 0.145 e. The summed E-state index contributed by atoms with van der Waals surface area (Å²) in [7, 11) is 1.88. The number of benzene rings is 1. The second-order valence-electron chi connectivity index (χ2n) is 5.79. The van der Waals surface area contributed by atoms with Gasteiger partial charge in [-0.2, -0.15) is 0 Å². The molecule has 1 aliphatic carbocycles. The van der Waals surface area contributed by atoms with Crippen LogP contribution in [-0.4, -0.2) is 30.9 Å². The Morgan fingerprint density at radius 2 is 2.24 bits per heavy atom. The minimum Gasteiger partial charge on any atom is -0.303 e. The Morgan fingerprint density at radius 1 is 1.52 bits per heavy atom. The fourth-order valence-electron chi connectivity index (χ4n) is 2.63. The van der Waals surface area contributed by atoms with Gasteiger partial charge in [-0.3, -0.25) is 5.43 Å². The number of halogens is 2. The van der Waals surface area contributed by atoms with Crippen LogP contribution in [0.5, 0.6) is 0 Å². The Bertz CT molecular complexity index is 493. The molecule has 3 nitrogen and oxygen atoms in total. The molecule has 1 saturated carbocycles. The van der Waals surface area contributed by atoms with Crippen molar-refractivity contribution >= 4 is 17.9 Å². The molecule has 2 rings (SSSR count). The van der Waals surface area contributed by atoms with Crippen LogP contribution in [0.1, 0.15) is 37.7 Å². The third-order valence-electron chi connectivity index (χ3n) is 4.11. The molecule has 21 heavy (non-hydrogen) atoms. The summed E-state index contributed by atoms with van der Waals surface area (Å²) in [4.78, 5) is 11.4. The summed E-state index contributed by atoms with van der Waals surface area (Å²) in [5, 5.41) is 2.20. The highest BCUT2D eigenvalue weighted by atomic mass is 35.5. The molecule has 0 spiro atoms. The molecule has 1 fully saturated rings. The number of hydrogen-bond acceptors (Lipinski definition) is 3. The summed E-state index contributed by atoms with van der Waals surface area (Å²) >= 11 is 5.80. The van der Waals surface area contributed by atoms with Crippen LogP contribution in [0, 0.1) is 11.7 Å². The summed E-state index contributed by atoms with van der Waals surface area (Å²) in [6.07, 6.45) is 3.92. The lowest BCUT2D eigenvalue weighted by Crippen LogP contribution is -2.44. The van der Waals surface area contributed by atoms with E-state index in [1.165, 1.54) is 18.9 Å². The van der Waals surface area contributed by atoms with Crippen molar-refractivity contribution in [2.45, 2.75) is 38.1 Å². The fourth-order valence-corrected chi connectivity index (χ4v) is 2.81. The van der Waals surface area contributed by atoms with Crippen molar-refractivity contribution in [3.8, 4) is 0 Å². The van der Waals surface area contributed by atoms with Crippen molar-refractivity contribution in [3.05, 3.63) is 34.6 Å². The van der Waals surface area contributed by atoms with Crippen molar-refractivity contribution in [2.24, 2.45) is 5.92 Å². The van der Waals surface area contributed by atoms with E-state index in [1.807, 2.05) is 7.05 Å². The molecular formula is C16H22ClFN2O. The number of rotatable bonds is 8. The number of hydrogen-bond donors (Lipinski definition) is 1. The zero-order valence-corrected chi connectivity index (χ0v) is 13.2.